The Balaban J connectivity index is 2.27. The normalized spacial score (nSPS) is 10.9. The van der Waals surface area contributed by atoms with E-state index < -0.39 is 5.82 Å². The molecule has 4 nitrogen and oxygen atoms in total. The van der Waals surface area contributed by atoms with Crippen molar-refractivity contribution in [2.24, 2.45) is 0 Å². The Labute approximate surface area is 122 Å². The van der Waals surface area contributed by atoms with Crippen molar-refractivity contribution in [3.63, 3.8) is 0 Å². The van der Waals surface area contributed by atoms with E-state index in [4.69, 9.17) is 37.9 Å². The number of nitrogens with two attached hydrogens (primary N) is 1. The van der Waals surface area contributed by atoms with Crippen molar-refractivity contribution in [3.8, 4) is 22.4 Å². The van der Waals surface area contributed by atoms with Crippen LogP contribution in [0.5, 0.6) is 0 Å². The predicted molar refractivity (Wildman–Crippen MR) is 74.0 cm³/mol. The Kier molecular flexibility index (Phi) is 3.16. The molecule has 0 spiro atoms. The lowest BCUT2D eigenvalue weighted by Crippen LogP contribution is -1.91. The molecule has 0 atom stereocenters. The molecule has 0 aliphatic heterocycles. The summed E-state index contributed by atoms with van der Waals surface area (Å²) in [7, 11) is 0. The summed E-state index contributed by atoms with van der Waals surface area (Å²) in [5.41, 5.74) is 6.96. The highest BCUT2D eigenvalue weighted by molar-refractivity contribution is 6.32. The van der Waals surface area contributed by atoms with Crippen molar-refractivity contribution in [3.05, 3.63) is 46.6 Å². The Hall–Kier alpha value is -1.98. The van der Waals surface area contributed by atoms with Gasteiger partial charge in [0.05, 0.1) is 22.4 Å². The summed E-state index contributed by atoms with van der Waals surface area (Å²) >= 11 is 11.7. The van der Waals surface area contributed by atoms with Crippen LogP contribution in [0, 0.1) is 5.82 Å². The van der Waals surface area contributed by atoms with Gasteiger partial charge in [0.15, 0.2) is 0 Å². The number of aromatic nitrogens is 1. The van der Waals surface area contributed by atoms with Crippen molar-refractivity contribution in [2.45, 2.75) is 0 Å². The number of hydrogen-bond acceptors (Lipinski definition) is 4. The van der Waals surface area contributed by atoms with E-state index in [1.807, 2.05) is 0 Å². The third-order valence-electron chi connectivity index (χ3n) is 2.81. The topological polar surface area (TPSA) is 65.2 Å². The van der Waals surface area contributed by atoms with E-state index in [1.165, 1.54) is 18.4 Å². The quantitative estimate of drug-likeness (QED) is 0.749. The Morgan fingerprint density at radius 2 is 1.95 bits per heavy atom. The van der Waals surface area contributed by atoms with Gasteiger partial charge in [-0.3, -0.25) is 0 Å². The molecule has 0 bridgehead atoms. The third kappa shape index (κ3) is 1.95. The van der Waals surface area contributed by atoms with Crippen LogP contribution < -0.4 is 5.73 Å². The fraction of sp³-hybridized carbons (Fsp3) is 0. The third-order valence-corrected chi connectivity index (χ3v) is 3.40. The molecule has 3 aromatic rings. The molecule has 20 heavy (non-hydrogen) atoms. The van der Waals surface area contributed by atoms with Crippen molar-refractivity contribution < 1.29 is 13.3 Å². The van der Waals surface area contributed by atoms with Gasteiger partial charge in [0.25, 0.3) is 0 Å². The molecule has 0 fully saturated rings. The Morgan fingerprint density at radius 3 is 2.65 bits per heavy atom. The molecule has 3 rings (SSSR count). The van der Waals surface area contributed by atoms with Crippen molar-refractivity contribution in [1.82, 2.24) is 5.16 Å². The summed E-state index contributed by atoms with van der Waals surface area (Å²) in [6.45, 7) is 0. The van der Waals surface area contributed by atoms with Crippen LogP contribution in [0.15, 0.2) is 39.5 Å². The van der Waals surface area contributed by atoms with E-state index in [2.05, 4.69) is 5.16 Å². The van der Waals surface area contributed by atoms with Crippen LogP contribution in [0.4, 0.5) is 10.3 Å². The summed E-state index contributed by atoms with van der Waals surface area (Å²) in [6, 6.07) is 6.16. The molecule has 0 aliphatic rings. The van der Waals surface area contributed by atoms with Gasteiger partial charge in [-0.1, -0.05) is 28.9 Å². The van der Waals surface area contributed by atoms with Crippen LogP contribution in [0.25, 0.3) is 22.4 Å². The zero-order valence-corrected chi connectivity index (χ0v) is 11.4. The number of hydrogen-bond donors (Lipinski definition) is 1. The van der Waals surface area contributed by atoms with E-state index in [9.17, 15) is 4.39 Å². The second kappa shape index (κ2) is 4.85. The van der Waals surface area contributed by atoms with Gasteiger partial charge in [-0.25, -0.2) is 4.39 Å². The first-order valence-corrected chi connectivity index (χ1v) is 6.28. The van der Waals surface area contributed by atoms with E-state index >= 15 is 0 Å². The molecule has 2 heterocycles. The minimum atomic E-state index is -0.607. The predicted octanol–water partition coefficient (Wildman–Crippen LogP) is 4.63. The number of furan rings is 1. The minimum absolute atomic E-state index is 0.0210. The number of halogens is 3. The van der Waals surface area contributed by atoms with Crippen LogP contribution >= 0.6 is 23.2 Å². The van der Waals surface area contributed by atoms with Gasteiger partial charge in [0, 0.05) is 5.56 Å². The molecule has 2 N–H and O–H groups in total. The van der Waals surface area contributed by atoms with E-state index in [1.54, 1.807) is 12.1 Å². The van der Waals surface area contributed by atoms with Gasteiger partial charge >= 0.3 is 0 Å². The maximum Gasteiger partial charge on any atom is 0.230 e. The van der Waals surface area contributed by atoms with Crippen LogP contribution in [0.3, 0.4) is 0 Å². The molecule has 0 aliphatic carbocycles. The first-order chi connectivity index (χ1) is 9.59. The van der Waals surface area contributed by atoms with Gasteiger partial charge in [-0.05, 0) is 23.7 Å². The molecule has 2 aromatic heterocycles. The first-order valence-electron chi connectivity index (χ1n) is 5.52. The molecule has 0 saturated carbocycles. The van der Waals surface area contributed by atoms with Gasteiger partial charge in [-0.15, -0.1) is 0 Å². The van der Waals surface area contributed by atoms with Crippen molar-refractivity contribution in [1.29, 1.82) is 0 Å². The molecule has 0 radical (unpaired) electrons. The molecule has 102 valence electrons. The zero-order chi connectivity index (χ0) is 14.3. The van der Waals surface area contributed by atoms with Crippen LogP contribution in [-0.4, -0.2) is 5.16 Å². The van der Waals surface area contributed by atoms with Gasteiger partial charge in [-0.2, -0.15) is 0 Å². The van der Waals surface area contributed by atoms with E-state index in [0.29, 0.717) is 11.3 Å². The fourth-order valence-corrected chi connectivity index (χ4v) is 2.29. The van der Waals surface area contributed by atoms with E-state index in [0.717, 1.165) is 0 Å². The Bertz CT molecular complexity index is 783. The lowest BCUT2D eigenvalue weighted by Gasteiger charge is -2.04. The van der Waals surface area contributed by atoms with Crippen molar-refractivity contribution in [2.75, 3.05) is 5.73 Å². The van der Waals surface area contributed by atoms with E-state index in [-0.39, 0.29) is 27.3 Å². The van der Waals surface area contributed by atoms with Crippen LogP contribution in [-0.2, 0) is 0 Å². The highest BCUT2D eigenvalue weighted by Gasteiger charge is 2.23. The standard InChI is InChI=1S/C13H7Cl2FN2O2/c14-8-3-1-2-6(10(8)16)9-11(18-20-13(9)17)7-4-5-19-12(7)15/h1-5H,17H2. The maximum absolute atomic E-state index is 14.2. The minimum Gasteiger partial charge on any atom is -0.452 e. The summed E-state index contributed by atoms with van der Waals surface area (Å²) in [5, 5.41) is 3.90. The molecule has 0 unspecified atom stereocenters. The molecule has 1 aromatic carbocycles. The van der Waals surface area contributed by atoms with Gasteiger partial charge in [0.1, 0.15) is 11.5 Å². The molecule has 7 heteroatoms. The highest BCUT2D eigenvalue weighted by atomic mass is 35.5. The monoisotopic (exact) mass is 312 g/mol. The number of anilines is 1. The van der Waals surface area contributed by atoms with Crippen LogP contribution in [0.1, 0.15) is 0 Å². The van der Waals surface area contributed by atoms with Crippen molar-refractivity contribution >= 4 is 29.1 Å². The molecule has 0 amide bonds. The summed E-state index contributed by atoms with van der Waals surface area (Å²) in [5.74, 6) is -0.636. The summed E-state index contributed by atoms with van der Waals surface area (Å²) in [6.07, 6.45) is 1.39. The lowest BCUT2D eigenvalue weighted by atomic mass is 10.0. The zero-order valence-electron chi connectivity index (χ0n) is 9.86. The fourth-order valence-electron chi connectivity index (χ4n) is 1.91. The second-order valence-electron chi connectivity index (χ2n) is 3.98. The largest absolute Gasteiger partial charge is 0.452 e. The molecule has 0 saturated heterocycles. The smallest absolute Gasteiger partial charge is 0.230 e. The number of benzene rings is 1. The number of nitrogen functional groups attached to an aromatic ring is 1. The second-order valence-corrected chi connectivity index (χ2v) is 4.73. The number of rotatable bonds is 2. The van der Waals surface area contributed by atoms with Crippen LogP contribution in [0.2, 0.25) is 10.2 Å². The van der Waals surface area contributed by atoms with Gasteiger partial charge in [0.2, 0.25) is 11.1 Å². The summed E-state index contributed by atoms with van der Waals surface area (Å²) in [4.78, 5) is 0. The summed E-state index contributed by atoms with van der Waals surface area (Å²) < 4.78 is 24.1. The first kappa shape index (κ1) is 13.0. The molecular weight excluding hydrogens is 306 g/mol. The highest BCUT2D eigenvalue weighted by Crippen LogP contribution is 2.41. The Morgan fingerprint density at radius 1 is 1.15 bits per heavy atom. The maximum atomic E-state index is 14.2. The average molecular weight is 313 g/mol. The SMILES string of the molecule is Nc1onc(-c2ccoc2Cl)c1-c1cccc(Cl)c1F. The lowest BCUT2D eigenvalue weighted by molar-refractivity contribution is 0.439. The molecular formula is C13H7Cl2FN2O2. The van der Waals surface area contributed by atoms with Gasteiger partial charge < -0.3 is 14.7 Å². The number of nitrogens with zero attached hydrogens (tertiary/aromatic N) is 1. The average Bonchev–Trinajstić information content (AvgIpc) is 2.99.